The number of phenols is 1. The van der Waals surface area contributed by atoms with Crippen LogP contribution in [0.4, 0.5) is 10.1 Å². The van der Waals surface area contributed by atoms with Gasteiger partial charge in [0.2, 0.25) is 23.6 Å². The number of fused-ring (bicyclic) bond motifs is 4. The third kappa shape index (κ3) is 5.94. The van der Waals surface area contributed by atoms with E-state index < -0.39 is 58.6 Å². The van der Waals surface area contributed by atoms with Crippen molar-refractivity contribution >= 4 is 46.9 Å². The van der Waals surface area contributed by atoms with E-state index in [0.29, 0.717) is 36.1 Å². The number of ether oxygens (including phenoxy) is 1. The lowest BCUT2D eigenvalue weighted by atomic mass is 9.51. The van der Waals surface area contributed by atoms with E-state index in [4.69, 9.17) is 21.4 Å². The van der Waals surface area contributed by atoms with Gasteiger partial charge in [-0.3, -0.25) is 28.9 Å². The van der Waals surface area contributed by atoms with E-state index in [-0.39, 0.29) is 60.7 Å². The molecule has 3 aromatic rings. The number of rotatable bonds is 11. The molecule has 0 unspecified atom stereocenters. The van der Waals surface area contributed by atoms with Crippen molar-refractivity contribution in [1.82, 2.24) is 4.90 Å². The Morgan fingerprint density at radius 2 is 1.73 bits per heavy atom. The van der Waals surface area contributed by atoms with Crippen LogP contribution >= 0.6 is 11.6 Å². The van der Waals surface area contributed by atoms with Crippen LogP contribution in [0, 0.1) is 34.9 Å². The largest absolute Gasteiger partial charge is 0.508 e. The fourth-order valence-electron chi connectivity index (χ4n) is 8.84. The zero-order valence-electron chi connectivity index (χ0n) is 28.5. The van der Waals surface area contributed by atoms with Crippen molar-refractivity contribution < 1.29 is 43.3 Å². The Morgan fingerprint density at radius 1 is 0.962 bits per heavy atom. The smallest absolute Gasteiger partial charge is 0.303 e. The van der Waals surface area contributed by atoms with Gasteiger partial charge in [-0.1, -0.05) is 66.1 Å². The molecule has 0 aromatic heterocycles. The maximum Gasteiger partial charge on any atom is 0.303 e. The van der Waals surface area contributed by atoms with E-state index >= 15 is 0 Å². The van der Waals surface area contributed by atoms with Gasteiger partial charge < -0.3 is 14.9 Å². The number of halogens is 2. The number of aromatic hydroxyl groups is 1. The summed E-state index contributed by atoms with van der Waals surface area (Å²) in [5.41, 5.74) is 0.700. The molecule has 12 heteroatoms. The molecule has 7 rings (SSSR count). The summed E-state index contributed by atoms with van der Waals surface area (Å²) in [6.07, 6.45) is 3.69. The number of carbonyl (C=O) groups excluding carboxylic acids is 4. The molecule has 2 saturated heterocycles. The number of imide groups is 2. The Balaban J connectivity index is 1.25. The van der Waals surface area contributed by atoms with Crippen molar-refractivity contribution in [3.05, 3.63) is 100 Å². The third-order valence-electron chi connectivity index (χ3n) is 11.4. The lowest BCUT2D eigenvalue weighted by Gasteiger charge is -2.49. The summed E-state index contributed by atoms with van der Waals surface area (Å²) in [5, 5.41) is 20.3. The molecule has 2 N–H and O–H groups in total. The molecule has 0 radical (unpaired) electrons. The summed E-state index contributed by atoms with van der Waals surface area (Å²) in [4.78, 5) is 70.0. The molecule has 270 valence electrons. The van der Waals surface area contributed by atoms with Crippen LogP contribution in [0.25, 0.3) is 0 Å². The second-order valence-corrected chi connectivity index (χ2v) is 14.7. The minimum Gasteiger partial charge on any atom is -0.508 e. The summed E-state index contributed by atoms with van der Waals surface area (Å²) < 4.78 is 20.1. The summed E-state index contributed by atoms with van der Waals surface area (Å²) in [7, 11) is 0. The molecular formula is C40H38ClFN2O8. The van der Waals surface area contributed by atoms with Gasteiger partial charge in [0.1, 0.15) is 23.9 Å². The maximum absolute atomic E-state index is 14.6. The van der Waals surface area contributed by atoms with Gasteiger partial charge in [0, 0.05) is 30.5 Å². The van der Waals surface area contributed by atoms with Crippen LogP contribution in [0.3, 0.4) is 0 Å². The maximum atomic E-state index is 14.6. The van der Waals surface area contributed by atoms with Gasteiger partial charge in [0.25, 0.3) is 0 Å². The van der Waals surface area contributed by atoms with Crippen LogP contribution in [0.2, 0.25) is 5.02 Å². The van der Waals surface area contributed by atoms with Gasteiger partial charge in [-0.15, -0.1) is 0 Å². The number of hydrogen-bond donors (Lipinski definition) is 2. The average Bonchev–Trinajstić information content (AvgIpc) is 3.48. The molecule has 2 aliphatic carbocycles. The Morgan fingerprint density at radius 3 is 2.44 bits per heavy atom. The third-order valence-corrected chi connectivity index (χ3v) is 11.7. The van der Waals surface area contributed by atoms with Crippen LogP contribution in [0.1, 0.15) is 62.5 Å². The minimum atomic E-state index is -1.42. The van der Waals surface area contributed by atoms with E-state index in [1.807, 2.05) is 36.4 Å². The van der Waals surface area contributed by atoms with Gasteiger partial charge in [0.05, 0.1) is 33.9 Å². The van der Waals surface area contributed by atoms with Crippen molar-refractivity contribution in [1.29, 1.82) is 0 Å². The number of likely N-dealkylation sites (tertiary alicyclic amines) is 1. The van der Waals surface area contributed by atoms with Gasteiger partial charge in [0.15, 0.2) is 0 Å². The highest BCUT2D eigenvalue weighted by Crippen LogP contribution is 2.64. The molecule has 10 nitrogen and oxygen atoms in total. The first kappa shape index (κ1) is 35.4. The molecule has 0 bridgehead atoms. The van der Waals surface area contributed by atoms with E-state index in [2.05, 4.69) is 0 Å². The fraction of sp³-hybridized carbons (Fsp3) is 0.375. The Kier molecular flexibility index (Phi) is 9.41. The number of unbranched alkanes of at least 4 members (excludes halogenated alkanes) is 2. The molecule has 2 aliphatic heterocycles. The SMILES string of the molecule is C[C@@]12C(=O)N(c3ccc(F)c(Cl)c3)C(=O)[C@@H]1C[C@@H]1C(=CC[C@@H]3C(=O)N(CCCCCC(=O)O)C(=O)[C@@H]31)[C@@H]2c1ccc(OCc2ccccc2)cc1O. The number of aliphatic carboxylic acids is 1. The van der Waals surface area contributed by atoms with Crippen molar-refractivity contribution in [2.24, 2.45) is 29.1 Å². The van der Waals surface area contributed by atoms with E-state index in [9.17, 15) is 33.5 Å². The summed E-state index contributed by atoms with van der Waals surface area (Å²) >= 11 is 6.09. The van der Waals surface area contributed by atoms with Gasteiger partial charge in [-0.2, -0.15) is 0 Å². The Labute approximate surface area is 304 Å². The molecule has 3 aromatic carbocycles. The van der Waals surface area contributed by atoms with Crippen molar-refractivity contribution in [2.75, 3.05) is 11.4 Å². The monoisotopic (exact) mass is 728 g/mol. The first-order chi connectivity index (χ1) is 24.9. The molecule has 1 saturated carbocycles. The highest BCUT2D eigenvalue weighted by Gasteiger charge is 2.67. The first-order valence-electron chi connectivity index (χ1n) is 17.5. The highest BCUT2D eigenvalue weighted by atomic mass is 35.5. The number of allylic oxidation sites excluding steroid dienone is 2. The van der Waals surface area contributed by atoms with Crippen LogP contribution in [-0.2, 0) is 30.6 Å². The summed E-state index contributed by atoms with van der Waals surface area (Å²) in [6.45, 7) is 2.12. The number of phenolic OH excluding ortho intramolecular Hbond substituents is 1. The number of nitrogens with zero attached hydrogens (tertiary/aromatic N) is 2. The lowest BCUT2D eigenvalue weighted by molar-refractivity contribution is -0.141. The molecule has 3 fully saturated rings. The van der Waals surface area contributed by atoms with Crippen LogP contribution in [0.5, 0.6) is 11.5 Å². The topological polar surface area (TPSA) is 142 Å². The van der Waals surface area contributed by atoms with E-state index in [1.54, 1.807) is 19.1 Å². The number of carbonyl (C=O) groups is 5. The van der Waals surface area contributed by atoms with E-state index in [1.165, 1.54) is 23.1 Å². The summed E-state index contributed by atoms with van der Waals surface area (Å²) in [6, 6.07) is 18.0. The number of carboxylic acid groups (broad SMARTS) is 1. The predicted molar refractivity (Wildman–Crippen MR) is 188 cm³/mol. The number of anilines is 1. The zero-order valence-corrected chi connectivity index (χ0v) is 29.2. The average molecular weight is 729 g/mol. The van der Waals surface area contributed by atoms with Crippen molar-refractivity contribution in [3.8, 4) is 11.5 Å². The highest BCUT2D eigenvalue weighted by molar-refractivity contribution is 6.31. The van der Waals surface area contributed by atoms with Gasteiger partial charge in [-0.25, -0.2) is 9.29 Å². The lowest BCUT2D eigenvalue weighted by Crippen LogP contribution is -2.48. The zero-order chi connectivity index (χ0) is 36.9. The normalized spacial score (nSPS) is 26.6. The molecule has 0 spiro atoms. The predicted octanol–water partition coefficient (Wildman–Crippen LogP) is 6.64. The first-order valence-corrected chi connectivity index (χ1v) is 17.9. The molecule has 6 atom stereocenters. The van der Waals surface area contributed by atoms with Crippen LogP contribution in [0.15, 0.2) is 78.4 Å². The Hall–Kier alpha value is -5.03. The second-order valence-electron chi connectivity index (χ2n) is 14.3. The number of hydrogen-bond acceptors (Lipinski definition) is 7. The molecular weight excluding hydrogens is 691 g/mol. The Bertz CT molecular complexity index is 2000. The quantitative estimate of drug-likeness (QED) is 0.127. The van der Waals surface area contributed by atoms with Gasteiger partial charge >= 0.3 is 5.97 Å². The van der Waals surface area contributed by atoms with Crippen LogP contribution < -0.4 is 9.64 Å². The molecule has 2 heterocycles. The second kappa shape index (κ2) is 13.8. The van der Waals surface area contributed by atoms with Crippen molar-refractivity contribution in [2.45, 2.75) is 58.0 Å². The minimum absolute atomic E-state index is 0.00487. The van der Waals surface area contributed by atoms with E-state index in [0.717, 1.165) is 16.5 Å². The fourth-order valence-corrected chi connectivity index (χ4v) is 9.01. The molecule has 4 amide bonds. The standard InChI is InChI=1S/C40H38ClFN2O8/c1-40-29(37(49)44(39(40)51)23-11-16-31(42)30(41)18-23)20-28-25(14-15-27-34(28)38(50)43(36(27)48)17-7-3-6-10-33(46)47)35(40)26-13-12-24(19-32(26)45)52-21-22-8-4-2-5-9-22/h2,4-5,8-9,11-14,16,18-19,27-29,34-35,45H,3,6-7,10,15,17,20-21H2,1H3,(H,46,47)/t27-,28+,29-,34-,35+,40+/m0/s1. The number of carboxylic acids is 1. The number of benzene rings is 3. The summed E-state index contributed by atoms with van der Waals surface area (Å²) in [5.74, 6) is -6.90. The van der Waals surface area contributed by atoms with Crippen molar-refractivity contribution in [3.63, 3.8) is 0 Å². The molecule has 4 aliphatic rings. The molecule has 52 heavy (non-hydrogen) atoms. The number of amides is 4. The van der Waals surface area contributed by atoms with Crippen LogP contribution in [-0.4, -0.2) is 51.3 Å². The van der Waals surface area contributed by atoms with Gasteiger partial charge in [-0.05, 0) is 68.4 Å².